The third-order valence-electron chi connectivity index (χ3n) is 5.22. The molecule has 4 rings (SSSR count). The molecule has 2 heterocycles. The van der Waals surface area contributed by atoms with Crippen LogP contribution in [0.15, 0.2) is 72.1 Å². The summed E-state index contributed by atoms with van der Waals surface area (Å²) in [7, 11) is 0. The first-order chi connectivity index (χ1) is 14.3. The molecule has 1 atom stereocenters. The molecule has 1 saturated heterocycles. The van der Waals surface area contributed by atoms with Gasteiger partial charge in [0.2, 0.25) is 0 Å². The van der Waals surface area contributed by atoms with Crippen LogP contribution >= 0.6 is 11.3 Å². The molecule has 1 N–H and O–H groups in total. The molecular weight excluding hydrogens is 382 g/mol. The van der Waals surface area contributed by atoms with Crippen LogP contribution in [-0.4, -0.2) is 19.1 Å². The molecule has 0 unspecified atom stereocenters. The molecule has 5 heteroatoms. The lowest BCUT2D eigenvalue weighted by Crippen LogP contribution is -2.35. The summed E-state index contributed by atoms with van der Waals surface area (Å²) in [6.07, 6.45) is 1.92. The van der Waals surface area contributed by atoms with Crippen molar-refractivity contribution in [3.8, 4) is 5.75 Å². The summed E-state index contributed by atoms with van der Waals surface area (Å²) in [6, 6.07) is 21.6. The molecule has 1 amide bonds. The molecule has 3 aromatic rings. The number of rotatable bonds is 7. The number of hydrogen-bond acceptors (Lipinski definition) is 4. The van der Waals surface area contributed by atoms with E-state index in [1.807, 2.05) is 60.7 Å². The molecule has 1 aromatic heterocycles. The zero-order chi connectivity index (χ0) is 19.9. The van der Waals surface area contributed by atoms with Crippen molar-refractivity contribution >= 4 is 17.2 Å². The fraction of sp³-hybridized carbons (Fsp3) is 0.292. The van der Waals surface area contributed by atoms with Gasteiger partial charge in [0.15, 0.2) is 0 Å². The highest BCUT2D eigenvalue weighted by Crippen LogP contribution is 2.33. The van der Waals surface area contributed by atoms with Crippen molar-refractivity contribution in [1.29, 1.82) is 0 Å². The zero-order valence-electron chi connectivity index (χ0n) is 16.3. The summed E-state index contributed by atoms with van der Waals surface area (Å²) in [5.41, 5.74) is 1.71. The van der Waals surface area contributed by atoms with Crippen LogP contribution in [-0.2, 0) is 11.3 Å². The summed E-state index contributed by atoms with van der Waals surface area (Å²) >= 11 is 1.69. The molecular formula is C24H25NO3S. The second-order valence-corrected chi connectivity index (χ2v) is 8.20. The van der Waals surface area contributed by atoms with Crippen LogP contribution in [0.5, 0.6) is 5.75 Å². The number of amides is 1. The smallest absolute Gasteiger partial charge is 0.251 e. The Balaban J connectivity index is 1.45. The van der Waals surface area contributed by atoms with Gasteiger partial charge < -0.3 is 14.8 Å². The third-order valence-corrected chi connectivity index (χ3v) is 6.17. The minimum Gasteiger partial charge on any atom is -0.489 e. The first kappa shape index (κ1) is 19.7. The van der Waals surface area contributed by atoms with E-state index in [9.17, 15) is 4.79 Å². The van der Waals surface area contributed by atoms with Crippen molar-refractivity contribution in [2.24, 2.45) is 5.92 Å². The molecule has 0 spiro atoms. The monoisotopic (exact) mass is 407 g/mol. The van der Waals surface area contributed by atoms with E-state index >= 15 is 0 Å². The molecule has 0 radical (unpaired) electrons. The fourth-order valence-electron chi connectivity index (χ4n) is 3.63. The number of carbonyl (C=O) groups is 1. The van der Waals surface area contributed by atoms with Crippen molar-refractivity contribution < 1.29 is 14.3 Å². The molecule has 4 nitrogen and oxygen atoms in total. The normalized spacial score (nSPS) is 15.6. The zero-order valence-corrected chi connectivity index (χ0v) is 17.1. The molecule has 2 aromatic carbocycles. The maximum Gasteiger partial charge on any atom is 0.251 e. The van der Waals surface area contributed by atoms with Gasteiger partial charge in [-0.3, -0.25) is 4.79 Å². The summed E-state index contributed by atoms with van der Waals surface area (Å²) in [4.78, 5) is 14.2. The van der Waals surface area contributed by atoms with Gasteiger partial charge in [-0.15, -0.1) is 11.3 Å². The van der Waals surface area contributed by atoms with Crippen LogP contribution in [0.1, 0.15) is 39.7 Å². The second kappa shape index (κ2) is 9.72. The number of nitrogens with one attached hydrogen (secondary N) is 1. The van der Waals surface area contributed by atoms with E-state index in [4.69, 9.17) is 9.47 Å². The van der Waals surface area contributed by atoms with Gasteiger partial charge in [0, 0.05) is 23.7 Å². The van der Waals surface area contributed by atoms with Gasteiger partial charge in [-0.25, -0.2) is 0 Å². The van der Waals surface area contributed by atoms with E-state index in [1.165, 1.54) is 4.88 Å². The molecule has 1 fully saturated rings. The van der Waals surface area contributed by atoms with Crippen molar-refractivity contribution in [2.75, 3.05) is 13.2 Å². The van der Waals surface area contributed by atoms with E-state index in [0.29, 0.717) is 23.8 Å². The van der Waals surface area contributed by atoms with Crippen molar-refractivity contribution in [1.82, 2.24) is 5.32 Å². The SMILES string of the molecule is O=C(N[C@@H](c1cccs1)C1CCOCC1)c1cccc(OCc2ccccc2)c1. The number of carbonyl (C=O) groups excluding carboxylic acids is 1. The van der Waals surface area contributed by atoms with Crippen LogP contribution in [0.25, 0.3) is 0 Å². The van der Waals surface area contributed by atoms with Gasteiger partial charge in [-0.05, 0) is 54.0 Å². The van der Waals surface area contributed by atoms with E-state index < -0.39 is 0 Å². The predicted molar refractivity (Wildman–Crippen MR) is 115 cm³/mol. The molecule has 0 bridgehead atoms. The van der Waals surface area contributed by atoms with Gasteiger partial charge in [-0.1, -0.05) is 42.5 Å². The minimum absolute atomic E-state index is 0.0142. The molecule has 1 aliphatic heterocycles. The Labute approximate surface area is 175 Å². The Bertz CT molecular complexity index is 905. The molecule has 29 heavy (non-hydrogen) atoms. The highest BCUT2D eigenvalue weighted by molar-refractivity contribution is 7.10. The first-order valence-corrected chi connectivity index (χ1v) is 10.9. The highest BCUT2D eigenvalue weighted by Gasteiger charge is 2.28. The molecule has 0 aliphatic carbocycles. The number of thiophene rings is 1. The maximum atomic E-state index is 13.0. The lowest BCUT2D eigenvalue weighted by atomic mass is 9.90. The Hall–Kier alpha value is -2.63. The predicted octanol–water partition coefficient (Wildman–Crippen LogP) is 5.22. The van der Waals surface area contributed by atoms with Gasteiger partial charge in [0.25, 0.3) is 5.91 Å². The van der Waals surface area contributed by atoms with E-state index in [1.54, 1.807) is 11.3 Å². The Morgan fingerprint density at radius 1 is 1.07 bits per heavy atom. The van der Waals surface area contributed by atoms with Crippen molar-refractivity contribution in [3.63, 3.8) is 0 Å². The summed E-state index contributed by atoms with van der Waals surface area (Å²) in [5.74, 6) is 1.02. The highest BCUT2D eigenvalue weighted by atomic mass is 32.1. The van der Waals surface area contributed by atoms with Gasteiger partial charge in [0.1, 0.15) is 12.4 Å². The van der Waals surface area contributed by atoms with Crippen molar-refractivity contribution in [3.05, 3.63) is 88.1 Å². The fourth-order valence-corrected chi connectivity index (χ4v) is 4.50. The molecule has 150 valence electrons. The van der Waals surface area contributed by atoms with Crippen molar-refractivity contribution in [2.45, 2.75) is 25.5 Å². The lowest BCUT2D eigenvalue weighted by Gasteiger charge is -2.30. The van der Waals surface area contributed by atoms with E-state index in [0.717, 1.165) is 31.6 Å². The number of benzene rings is 2. The van der Waals surface area contributed by atoms with Crippen LogP contribution in [0.4, 0.5) is 0 Å². The Kier molecular flexibility index (Phi) is 6.60. The average Bonchev–Trinajstić information content (AvgIpc) is 3.32. The third kappa shape index (κ3) is 5.25. The standard InChI is InChI=1S/C24H25NO3S/c26-24(25-23(22-10-5-15-29-22)19-11-13-27-14-12-19)20-8-4-9-21(16-20)28-17-18-6-2-1-3-7-18/h1-10,15-16,19,23H,11-14,17H2,(H,25,26)/t23-/m1/s1. The number of hydrogen-bond donors (Lipinski definition) is 1. The topological polar surface area (TPSA) is 47.6 Å². The Morgan fingerprint density at radius 2 is 1.90 bits per heavy atom. The molecule has 1 aliphatic rings. The second-order valence-electron chi connectivity index (χ2n) is 7.22. The largest absolute Gasteiger partial charge is 0.489 e. The van der Waals surface area contributed by atoms with Crippen LogP contribution in [0.3, 0.4) is 0 Å². The summed E-state index contributed by atoms with van der Waals surface area (Å²) in [5, 5.41) is 5.33. The average molecular weight is 408 g/mol. The summed E-state index contributed by atoms with van der Waals surface area (Å²) in [6.45, 7) is 1.99. The maximum absolute atomic E-state index is 13.0. The van der Waals surface area contributed by atoms with Crippen LogP contribution in [0, 0.1) is 5.92 Å². The van der Waals surface area contributed by atoms with Gasteiger partial charge in [0.05, 0.1) is 6.04 Å². The van der Waals surface area contributed by atoms with Gasteiger partial charge in [-0.2, -0.15) is 0 Å². The first-order valence-electron chi connectivity index (χ1n) is 9.98. The summed E-state index contributed by atoms with van der Waals surface area (Å²) < 4.78 is 11.4. The van der Waals surface area contributed by atoms with Crippen LogP contribution < -0.4 is 10.1 Å². The van der Waals surface area contributed by atoms with Crippen LogP contribution in [0.2, 0.25) is 0 Å². The quantitative estimate of drug-likeness (QED) is 0.584. The number of ether oxygens (including phenoxy) is 2. The molecule has 0 saturated carbocycles. The lowest BCUT2D eigenvalue weighted by molar-refractivity contribution is 0.0518. The van der Waals surface area contributed by atoms with E-state index in [-0.39, 0.29) is 11.9 Å². The van der Waals surface area contributed by atoms with E-state index in [2.05, 4.69) is 16.8 Å². The van der Waals surface area contributed by atoms with Gasteiger partial charge >= 0.3 is 0 Å². The Morgan fingerprint density at radius 3 is 2.66 bits per heavy atom. The minimum atomic E-state index is -0.0694.